The molecule has 0 amide bonds. The lowest BCUT2D eigenvalue weighted by atomic mass is 9.90. The fourth-order valence-electron chi connectivity index (χ4n) is 3.49. The summed E-state index contributed by atoms with van der Waals surface area (Å²) in [5.41, 5.74) is 3.16. The number of halogens is 1. The van der Waals surface area contributed by atoms with Crippen molar-refractivity contribution in [1.82, 2.24) is 15.0 Å². The summed E-state index contributed by atoms with van der Waals surface area (Å²) in [6.45, 7) is 8.21. The Morgan fingerprint density at radius 2 is 2.00 bits per heavy atom. The maximum Gasteiger partial charge on any atom is 0.180 e. The van der Waals surface area contributed by atoms with Crippen molar-refractivity contribution in [3.05, 3.63) is 34.9 Å². The van der Waals surface area contributed by atoms with Crippen LogP contribution in [-0.4, -0.2) is 34.3 Å². The summed E-state index contributed by atoms with van der Waals surface area (Å²) in [7, 11) is 1.90. The highest BCUT2D eigenvalue weighted by atomic mass is 19.1. The number of carbonyl (C=O) groups excluding carboxylic acids is 1. The van der Waals surface area contributed by atoms with Gasteiger partial charge < -0.3 is 4.90 Å². The number of carbonyl (C=O) groups is 1. The molecule has 0 N–H and O–H groups in total. The molecule has 0 spiro atoms. The van der Waals surface area contributed by atoms with Crippen LogP contribution in [0.2, 0.25) is 0 Å². The van der Waals surface area contributed by atoms with Crippen molar-refractivity contribution < 1.29 is 9.18 Å². The molecule has 2 aromatic heterocycles. The van der Waals surface area contributed by atoms with Gasteiger partial charge in [-0.1, -0.05) is 20.8 Å². The van der Waals surface area contributed by atoms with E-state index >= 15 is 0 Å². The molecule has 0 aliphatic heterocycles. The average molecular weight is 370 g/mol. The van der Waals surface area contributed by atoms with Crippen LogP contribution < -0.4 is 4.90 Å². The number of rotatable bonds is 5. The van der Waals surface area contributed by atoms with E-state index in [0.717, 1.165) is 36.3 Å². The van der Waals surface area contributed by atoms with Crippen LogP contribution in [0, 0.1) is 18.2 Å². The summed E-state index contributed by atoms with van der Waals surface area (Å²) in [6.07, 6.45) is 4.56. The van der Waals surface area contributed by atoms with Gasteiger partial charge >= 0.3 is 0 Å². The normalized spacial score (nSPS) is 13.6. The third kappa shape index (κ3) is 4.49. The lowest BCUT2D eigenvalue weighted by Crippen LogP contribution is -2.30. The molecule has 2 heterocycles. The molecule has 0 saturated carbocycles. The maximum atomic E-state index is 13.6. The van der Waals surface area contributed by atoms with Crippen LogP contribution in [-0.2, 0) is 17.6 Å². The van der Waals surface area contributed by atoms with Crippen molar-refractivity contribution in [2.45, 2.75) is 53.4 Å². The van der Waals surface area contributed by atoms with Gasteiger partial charge in [-0.3, -0.25) is 4.79 Å². The van der Waals surface area contributed by atoms with E-state index in [-0.39, 0.29) is 17.0 Å². The highest BCUT2D eigenvalue weighted by Crippen LogP contribution is 2.31. The van der Waals surface area contributed by atoms with Crippen LogP contribution in [0.25, 0.3) is 11.5 Å². The first kappa shape index (κ1) is 19.4. The van der Waals surface area contributed by atoms with Crippen molar-refractivity contribution >= 4 is 11.6 Å². The van der Waals surface area contributed by atoms with Crippen LogP contribution in [0.15, 0.2) is 12.3 Å². The van der Waals surface area contributed by atoms with Crippen LogP contribution >= 0.6 is 0 Å². The summed E-state index contributed by atoms with van der Waals surface area (Å²) in [5, 5.41) is 0. The lowest BCUT2D eigenvalue weighted by molar-refractivity contribution is -0.119. The minimum absolute atomic E-state index is 0.0355. The summed E-state index contributed by atoms with van der Waals surface area (Å²) in [4.78, 5) is 27.9. The number of pyridine rings is 1. The van der Waals surface area contributed by atoms with E-state index in [4.69, 9.17) is 4.98 Å². The summed E-state index contributed by atoms with van der Waals surface area (Å²) >= 11 is 0. The van der Waals surface area contributed by atoms with Crippen molar-refractivity contribution in [3.8, 4) is 11.5 Å². The first-order valence-electron chi connectivity index (χ1n) is 9.39. The van der Waals surface area contributed by atoms with Crippen LogP contribution in [0.5, 0.6) is 0 Å². The molecule has 6 heteroatoms. The SMILES string of the molecule is Cc1cc(-c2nc3c(c(N(C)CC(=O)CC(C)(C)C)n2)CCC3)ncc1F. The summed E-state index contributed by atoms with van der Waals surface area (Å²) in [6, 6.07) is 1.67. The number of Topliss-reactive ketones (excluding diaryl/α,β-unsaturated/α-hetero) is 1. The minimum Gasteiger partial charge on any atom is -0.352 e. The van der Waals surface area contributed by atoms with Crippen LogP contribution in [0.3, 0.4) is 0 Å². The van der Waals surface area contributed by atoms with Crippen LogP contribution in [0.4, 0.5) is 10.2 Å². The molecule has 0 unspecified atom stereocenters. The summed E-state index contributed by atoms with van der Waals surface area (Å²) < 4.78 is 13.6. The third-order valence-electron chi connectivity index (χ3n) is 4.69. The number of aryl methyl sites for hydroxylation is 2. The van der Waals surface area contributed by atoms with Crippen molar-refractivity contribution in [2.75, 3.05) is 18.5 Å². The highest BCUT2D eigenvalue weighted by molar-refractivity contribution is 5.84. The van der Waals surface area contributed by atoms with Gasteiger partial charge in [-0.2, -0.15) is 0 Å². The molecule has 1 aliphatic carbocycles. The molecule has 1 aliphatic rings. The van der Waals surface area contributed by atoms with Gasteiger partial charge in [0.25, 0.3) is 0 Å². The van der Waals surface area contributed by atoms with E-state index in [0.29, 0.717) is 30.0 Å². The fraction of sp³-hybridized carbons (Fsp3) is 0.524. The zero-order chi connectivity index (χ0) is 19.8. The molecular weight excluding hydrogens is 343 g/mol. The average Bonchev–Trinajstić information content (AvgIpc) is 3.03. The molecule has 0 fully saturated rings. The Balaban J connectivity index is 1.94. The monoisotopic (exact) mass is 370 g/mol. The molecule has 0 aromatic carbocycles. The lowest BCUT2D eigenvalue weighted by Gasteiger charge is -2.23. The molecule has 27 heavy (non-hydrogen) atoms. The predicted octanol–water partition coefficient (Wildman–Crippen LogP) is 3.92. The zero-order valence-electron chi connectivity index (χ0n) is 16.8. The molecule has 0 atom stereocenters. The smallest absolute Gasteiger partial charge is 0.180 e. The van der Waals surface area contributed by atoms with E-state index in [2.05, 4.69) is 30.7 Å². The number of hydrogen-bond donors (Lipinski definition) is 0. The summed E-state index contributed by atoms with van der Waals surface area (Å²) in [5.74, 6) is 1.13. The van der Waals surface area contributed by atoms with E-state index in [9.17, 15) is 9.18 Å². The first-order chi connectivity index (χ1) is 12.6. The van der Waals surface area contributed by atoms with Gasteiger partial charge in [-0.15, -0.1) is 0 Å². The Morgan fingerprint density at radius 3 is 2.67 bits per heavy atom. The number of aromatic nitrogens is 3. The van der Waals surface area contributed by atoms with Gasteiger partial charge in [0.1, 0.15) is 17.3 Å². The van der Waals surface area contributed by atoms with Gasteiger partial charge in [0.15, 0.2) is 11.6 Å². The van der Waals surface area contributed by atoms with Gasteiger partial charge in [0, 0.05) is 24.7 Å². The third-order valence-corrected chi connectivity index (χ3v) is 4.69. The van der Waals surface area contributed by atoms with Crippen molar-refractivity contribution in [1.29, 1.82) is 0 Å². The first-order valence-corrected chi connectivity index (χ1v) is 9.39. The number of ketones is 1. The number of nitrogens with zero attached hydrogens (tertiary/aromatic N) is 4. The second kappa shape index (κ2) is 7.33. The van der Waals surface area contributed by atoms with E-state index < -0.39 is 0 Å². The number of anilines is 1. The topological polar surface area (TPSA) is 59.0 Å². The van der Waals surface area contributed by atoms with Gasteiger partial charge in [0.2, 0.25) is 0 Å². The zero-order valence-corrected chi connectivity index (χ0v) is 16.8. The van der Waals surface area contributed by atoms with Gasteiger partial charge in [-0.05, 0) is 43.2 Å². The molecule has 3 rings (SSSR count). The van der Waals surface area contributed by atoms with E-state index in [1.54, 1.807) is 13.0 Å². The number of likely N-dealkylation sites (N-methyl/N-ethyl adjacent to an activating group) is 1. The Bertz CT molecular complexity index is 873. The standard InChI is InChI=1S/C21H27FN4O/c1-13-9-18(23-11-16(13)22)19-24-17-8-6-7-15(17)20(25-19)26(5)12-14(27)10-21(2,3)4/h9,11H,6-8,10,12H2,1-5H3. The number of fused-ring (bicyclic) bond motifs is 1. The second-order valence-electron chi connectivity index (χ2n) is 8.60. The Labute approximate surface area is 160 Å². The second-order valence-corrected chi connectivity index (χ2v) is 8.60. The van der Waals surface area contributed by atoms with Crippen LogP contribution in [0.1, 0.15) is 50.4 Å². The Hall–Kier alpha value is -2.37. The Morgan fingerprint density at radius 1 is 1.26 bits per heavy atom. The molecule has 144 valence electrons. The fourth-order valence-corrected chi connectivity index (χ4v) is 3.49. The van der Waals surface area contributed by atoms with E-state index in [1.165, 1.54) is 6.20 Å². The van der Waals surface area contributed by atoms with Gasteiger partial charge in [-0.25, -0.2) is 19.3 Å². The maximum absolute atomic E-state index is 13.6. The largest absolute Gasteiger partial charge is 0.352 e. The Kier molecular flexibility index (Phi) is 5.27. The van der Waals surface area contributed by atoms with E-state index in [1.807, 2.05) is 11.9 Å². The highest BCUT2D eigenvalue weighted by Gasteiger charge is 2.24. The molecular formula is C21H27FN4O. The van der Waals surface area contributed by atoms with Crippen molar-refractivity contribution in [3.63, 3.8) is 0 Å². The molecule has 5 nitrogen and oxygen atoms in total. The quantitative estimate of drug-likeness (QED) is 0.798. The molecule has 0 bridgehead atoms. The number of hydrogen-bond acceptors (Lipinski definition) is 5. The van der Waals surface area contributed by atoms with Crippen molar-refractivity contribution in [2.24, 2.45) is 5.41 Å². The molecule has 2 aromatic rings. The minimum atomic E-state index is -0.343. The predicted molar refractivity (Wildman–Crippen MR) is 104 cm³/mol. The molecule has 0 saturated heterocycles. The molecule has 0 radical (unpaired) electrons. The van der Waals surface area contributed by atoms with Gasteiger partial charge in [0.05, 0.1) is 12.7 Å².